The molecule has 0 bridgehead atoms. The van der Waals surface area contributed by atoms with Crippen LogP contribution in [0.3, 0.4) is 0 Å². The predicted molar refractivity (Wildman–Crippen MR) is 103 cm³/mol. The van der Waals surface area contributed by atoms with Gasteiger partial charge in [0, 0.05) is 38.0 Å². The van der Waals surface area contributed by atoms with Crippen molar-refractivity contribution in [3.8, 4) is 0 Å². The molecule has 3 aromatic rings. The molecule has 7 heteroatoms. The van der Waals surface area contributed by atoms with Gasteiger partial charge in [-0.1, -0.05) is 50.1 Å². The molecule has 0 unspecified atom stereocenters. The molecule has 3 N–H and O–H groups in total. The van der Waals surface area contributed by atoms with Gasteiger partial charge in [-0.25, -0.2) is 4.79 Å². The summed E-state index contributed by atoms with van der Waals surface area (Å²) in [6.45, 7) is 0. The van der Waals surface area contributed by atoms with Crippen LogP contribution in [0.15, 0.2) is 57.6 Å². The predicted octanol–water partition coefficient (Wildman–Crippen LogP) is 4.12. The Balaban J connectivity index is 1.82. The Morgan fingerprint density at radius 3 is 2.48 bits per heavy atom. The van der Waals surface area contributed by atoms with Crippen molar-refractivity contribution in [1.82, 2.24) is 10.3 Å². The van der Waals surface area contributed by atoms with Crippen molar-refractivity contribution in [3.63, 3.8) is 0 Å². The molecule has 25 heavy (non-hydrogen) atoms. The largest absolute Gasteiger partial charge is 0.480 e. The standard InChI is InChI=1S/C18H14Br2N2O3/c19-12-5-10(6-13(20)8-12)17(23)22-16(18(24)25)7-11-9-21-15-4-2-1-3-14(11)15/h1-6,8-9,16,21H,7H2,(H,22,23)(H,24,25)/t16-/m0/s1. The third-order valence-corrected chi connectivity index (χ3v) is 4.74. The number of aliphatic carboxylic acids is 1. The molecule has 0 saturated carbocycles. The van der Waals surface area contributed by atoms with Gasteiger partial charge >= 0.3 is 5.97 Å². The summed E-state index contributed by atoms with van der Waals surface area (Å²) in [6.07, 6.45) is 1.97. The van der Waals surface area contributed by atoms with Crippen LogP contribution in [-0.4, -0.2) is 28.0 Å². The third kappa shape index (κ3) is 4.11. The summed E-state index contributed by atoms with van der Waals surface area (Å²) < 4.78 is 1.46. The van der Waals surface area contributed by atoms with E-state index in [1.165, 1.54) is 0 Å². The Morgan fingerprint density at radius 1 is 1.12 bits per heavy atom. The van der Waals surface area contributed by atoms with Crippen molar-refractivity contribution < 1.29 is 14.7 Å². The normalized spacial score (nSPS) is 12.1. The average Bonchev–Trinajstić information content (AvgIpc) is 2.96. The van der Waals surface area contributed by atoms with Gasteiger partial charge in [0.25, 0.3) is 5.91 Å². The van der Waals surface area contributed by atoms with E-state index < -0.39 is 17.9 Å². The first kappa shape index (κ1) is 17.7. The summed E-state index contributed by atoms with van der Waals surface area (Å²) in [5.41, 5.74) is 2.16. The summed E-state index contributed by atoms with van der Waals surface area (Å²) >= 11 is 6.64. The van der Waals surface area contributed by atoms with Crippen LogP contribution in [0.25, 0.3) is 10.9 Å². The summed E-state index contributed by atoms with van der Waals surface area (Å²) in [5, 5.41) is 13.1. The van der Waals surface area contributed by atoms with E-state index in [2.05, 4.69) is 42.2 Å². The molecule has 1 amide bonds. The summed E-state index contributed by atoms with van der Waals surface area (Å²) in [5.74, 6) is -1.51. The molecule has 0 spiro atoms. The van der Waals surface area contributed by atoms with Crippen molar-refractivity contribution in [2.75, 3.05) is 0 Å². The number of fused-ring (bicyclic) bond motifs is 1. The molecule has 0 aliphatic carbocycles. The fraction of sp³-hybridized carbons (Fsp3) is 0.111. The molecular formula is C18H14Br2N2O3. The number of carbonyl (C=O) groups is 2. The van der Waals surface area contributed by atoms with Crippen molar-refractivity contribution >= 4 is 54.6 Å². The Morgan fingerprint density at radius 2 is 1.80 bits per heavy atom. The molecule has 1 aromatic heterocycles. The number of hydrogen-bond acceptors (Lipinski definition) is 2. The number of amides is 1. The SMILES string of the molecule is O=C(N[C@@H](Cc1c[nH]c2ccccc12)C(=O)O)c1cc(Br)cc(Br)c1. The van der Waals surface area contributed by atoms with E-state index in [1.54, 1.807) is 24.4 Å². The van der Waals surface area contributed by atoms with Gasteiger partial charge in [0.15, 0.2) is 0 Å². The van der Waals surface area contributed by atoms with E-state index in [4.69, 9.17) is 0 Å². The van der Waals surface area contributed by atoms with Crippen molar-refractivity contribution in [1.29, 1.82) is 0 Å². The van der Waals surface area contributed by atoms with Crippen LogP contribution in [0.4, 0.5) is 0 Å². The minimum Gasteiger partial charge on any atom is -0.480 e. The highest BCUT2D eigenvalue weighted by Gasteiger charge is 2.22. The van der Waals surface area contributed by atoms with Crippen LogP contribution in [0.5, 0.6) is 0 Å². The smallest absolute Gasteiger partial charge is 0.326 e. The van der Waals surface area contributed by atoms with Gasteiger partial charge in [-0.3, -0.25) is 4.79 Å². The monoisotopic (exact) mass is 464 g/mol. The van der Waals surface area contributed by atoms with E-state index in [0.717, 1.165) is 25.4 Å². The highest BCUT2D eigenvalue weighted by molar-refractivity contribution is 9.11. The fourth-order valence-electron chi connectivity index (χ4n) is 2.65. The maximum atomic E-state index is 12.4. The number of hydrogen-bond donors (Lipinski definition) is 3. The zero-order chi connectivity index (χ0) is 18.0. The van der Waals surface area contributed by atoms with Crippen LogP contribution < -0.4 is 5.32 Å². The second-order valence-electron chi connectivity index (χ2n) is 5.59. The molecular weight excluding hydrogens is 452 g/mol. The lowest BCUT2D eigenvalue weighted by atomic mass is 10.0. The topological polar surface area (TPSA) is 82.2 Å². The first-order chi connectivity index (χ1) is 11.9. The van der Waals surface area contributed by atoms with Crippen LogP contribution in [0.2, 0.25) is 0 Å². The van der Waals surface area contributed by atoms with E-state index in [-0.39, 0.29) is 6.42 Å². The number of aromatic amines is 1. The Bertz CT molecular complexity index is 932. The second-order valence-corrected chi connectivity index (χ2v) is 7.42. The summed E-state index contributed by atoms with van der Waals surface area (Å²) in [4.78, 5) is 27.2. The van der Waals surface area contributed by atoms with Crippen LogP contribution in [0, 0.1) is 0 Å². The van der Waals surface area contributed by atoms with E-state index >= 15 is 0 Å². The van der Waals surface area contributed by atoms with Crippen molar-refractivity contribution in [3.05, 3.63) is 68.7 Å². The third-order valence-electron chi connectivity index (χ3n) is 3.83. The number of para-hydroxylation sites is 1. The molecule has 5 nitrogen and oxygen atoms in total. The van der Waals surface area contributed by atoms with Gasteiger partial charge in [-0.05, 0) is 29.8 Å². The molecule has 2 aromatic carbocycles. The lowest BCUT2D eigenvalue weighted by Crippen LogP contribution is -2.42. The lowest BCUT2D eigenvalue weighted by molar-refractivity contribution is -0.139. The number of benzene rings is 2. The molecule has 0 fully saturated rings. The van der Waals surface area contributed by atoms with Crippen molar-refractivity contribution in [2.45, 2.75) is 12.5 Å². The molecule has 0 aliphatic heterocycles. The Kier molecular flexibility index (Phi) is 5.24. The highest BCUT2D eigenvalue weighted by atomic mass is 79.9. The Hall–Kier alpha value is -2.12. The zero-order valence-corrected chi connectivity index (χ0v) is 16.1. The number of carbonyl (C=O) groups excluding carboxylic acids is 1. The molecule has 1 atom stereocenters. The fourth-order valence-corrected chi connectivity index (χ4v) is 3.94. The summed E-state index contributed by atoms with van der Waals surface area (Å²) in [7, 11) is 0. The number of carboxylic acids is 1. The second kappa shape index (κ2) is 7.41. The maximum absolute atomic E-state index is 12.4. The molecule has 1 heterocycles. The Labute approximate surface area is 160 Å². The molecule has 128 valence electrons. The maximum Gasteiger partial charge on any atom is 0.326 e. The number of H-pyrrole nitrogens is 1. The van der Waals surface area contributed by atoms with Gasteiger partial charge < -0.3 is 15.4 Å². The minimum atomic E-state index is -1.08. The highest BCUT2D eigenvalue weighted by Crippen LogP contribution is 2.21. The first-order valence-corrected chi connectivity index (χ1v) is 9.07. The van der Waals surface area contributed by atoms with Gasteiger partial charge in [0.05, 0.1) is 0 Å². The van der Waals surface area contributed by atoms with Gasteiger partial charge in [0.2, 0.25) is 0 Å². The van der Waals surface area contributed by atoms with E-state index in [0.29, 0.717) is 5.56 Å². The van der Waals surface area contributed by atoms with E-state index in [1.807, 2.05) is 24.3 Å². The van der Waals surface area contributed by atoms with Crippen LogP contribution in [0.1, 0.15) is 15.9 Å². The number of rotatable bonds is 5. The lowest BCUT2D eigenvalue weighted by Gasteiger charge is -2.14. The summed E-state index contributed by atoms with van der Waals surface area (Å²) in [6, 6.07) is 11.7. The number of aromatic nitrogens is 1. The first-order valence-electron chi connectivity index (χ1n) is 7.49. The molecule has 3 rings (SSSR count). The molecule has 0 radical (unpaired) electrons. The molecule has 0 aliphatic rings. The van der Waals surface area contributed by atoms with Gasteiger partial charge in [-0.2, -0.15) is 0 Å². The number of nitrogens with one attached hydrogen (secondary N) is 2. The van der Waals surface area contributed by atoms with Crippen LogP contribution >= 0.6 is 31.9 Å². The minimum absolute atomic E-state index is 0.195. The average molecular weight is 466 g/mol. The zero-order valence-electron chi connectivity index (χ0n) is 12.9. The van der Waals surface area contributed by atoms with Crippen molar-refractivity contribution in [2.24, 2.45) is 0 Å². The quantitative estimate of drug-likeness (QED) is 0.530. The van der Waals surface area contributed by atoms with Gasteiger partial charge in [-0.15, -0.1) is 0 Å². The van der Waals surface area contributed by atoms with Crippen LogP contribution in [-0.2, 0) is 11.2 Å². The van der Waals surface area contributed by atoms with E-state index in [9.17, 15) is 14.7 Å². The molecule has 0 saturated heterocycles. The number of halogens is 2. The van der Waals surface area contributed by atoms with Gasteiger partial charge in [0.1, 0.15) is 6.04 Å². The number of carboxylic acid groups (broad SMARTS) is 1.